The minimum absolute atomic E-state index is 0.0617. The molecule has 1 amide bonds. The maximum Gasteiger partial charge on any atom is 0.233 e. The summed E-state index contributed by atoms with van der Waals surface area (Å²) < 4.78 is 10.6. The summed E-state index contributed by atoms with van der Waals surface area (Å²) in [6.45, 7) is 3.45. The highest BCUT2D eigenvalue weighted by molar-refractivity contribution is 7.16. The van der Waals surface area contributed by atoms with Gasteiger partial charge in [-0.1, -0.05) is 0 Å². The number of methoxy groups -OCH3 is 1. The Bertz CT molecular complexity index is 737. The third-order valence-electron chi connectivity index (χ3n) is 4.70. The van der Waals surface area contributed by atoms with Gasteiger partial charge in [0.25, 0.3) is 0 Å². The molecule has 3 rings (SSSR count). The van der Waals surface area contributed by atoms with E-state index in [2.05, 4.69) is 10.3 Å². The van der Waals surface area contributed by atoms with Gasteiger partial charge in [0.1, 0.15) is 5.75 Å². The predicted octanol–water partition coefficient (Wildman–Crippen LogP) is 2.82. The number of thiazole rings is 1. The molecule has 3 N–H and O–H groups in total. The van der Waals surface area contributed by atoms with Crippen LogP contribution in [0.25, 0.3) is 11.3 Å². The van der Waals surface area contributed by atoms with Gasteiger partial charge < -0.3 is 20.5 Å². The fourth-order valence-electron chi connectivity index (χ4n) is 2.98. The molecule has 7 heteroatoms. The Morgan fingerprint density at radius 1 is 1.36 bits per heavy atom. The van der Waals surface area contributed by atoms with Crippen LogP contribution >= 0.6 is 11.3 Å². The molecule has 0 aliphatic carbocycles. The van der Waals surface area contributed by atoms with Crippen molar-refractivity contribution in [2.45, 2.75) is 19.8 Å². The maximum atomic E-state index is 12.8. The number of hydrogen-bond acceptors (Lipinski definition) is 6. The van der Waals surface area contributed by atoms with E-state index in [1.807, 2.05) is 31.2 Å². The molecular weight excluding hydrogens is 338 g/mol. The number of rotatable bonds is 5. The summed E-state index contributed by atoms with van der Waals surface area (Å²) in [5.74, 6) is 0.739. The van der Waals surface area contributed by atoms with Gasteiger partial charge in [-0.25, -0.2) is 4.98 Å². The molecule has 1 aromatic heterocycles. The van der Waals surface area contributed by atoms with Crippen LogP contribution in [0.15, 0.2) is 24.3 Å². The first-order valence-corrected chi connectivity index (χ1v) is 9.11. The Labute approximate surface area is 151 Å². The summed E-state index contributed by atoms with van der Waals surface area (Å²) in [6, 6.07) is 7.73. The van der Waals surface area contributed by atoms with Crippen molar-refractivity contribution in [2.75, 3.05) is 32.2 Å². The molecule has 1 fully saturated rings. The van der Waals surface area contributed by atoms with Crippen molar-refractivity contribution < 1.29 is 14.3 Å². The average molecular weight is 361 g/mol. The Kier molecular flexibility index (Phi) is 5.36. The van der Waals surface area contributed by atoms with E-state index in [-0.39, 0.29) is 5.91 Å². The van der Waals surface area contributed by atoms with Gasteiger partial charge in [-0.3, -0.25) is 4.79 Å². The first kappa shape index (κ1) is 17.8. The fourth-order valence-corrected chi connectivity index (χ4v) is 3.81. The minimum atomic E-state index is -0.557. The van der Waals surface area contributed by atoms with Crippen molar-refractivity contribution in [3.63, 3.8) is 0 Å². The molecule has 1 saturated heterocycles. The molecule has 134 valence electrons. The van der Waals surface area contributed by atoms with E-state index in [4.69, 9.17) is 15.2 Å². The highest BCUT2D eigenvalue weighted by Crippen LogP contribution is 2.34. The van der Waals surface area contributed by atoms with Crippen LogP contribution in [-0.2, 0) is 9.53 Å². The third kappa shape index (κ3) is 3.68. The topological polar surface area (TPSA) is 86.5 Å². The molecule has 25 heavy (non-hydrogen) atoms. The molecule has 1 aliphatic heterocycles. The third-order valence-corrected chi connectivity index (χ3v) is 5.59. The number of aryl methyl sites for hydroxylation is 1. The average Bonchev–Trinajstić information content (AvgIpc) is 3.02. The highest BCUT2D eigenvalue weighted by Gasteiger charge is 2.39. The first-order valence-electron chi connectivity index (χ1n) is 8.29. The van der Waals surface area contributed by atoms with E-state index in [1.54, 1.807) is 7.11 Å². The molecule has 1 aromatic carbocycles. The summed E-state index contributed by atoms with van der Waals surface area (Å²) in [5.41, 5.74) is 7.21. The summed E-state index contributed by atoms with van der Waals surface area (Å²) >= 11 is 1.47. The fraction of sp³-hybridized carbons (Fsp3) is 0.444. The zero-order valence-electron chi connectivity index (χ0n) is 14.5. The van der Waals surface area contributed by atoms with Crippen LogP contribution in [0.2, 0.25) is 0 Å². The van der Waals surface area contributed by atoms with Gasteiger partial charge in [0.2, 0.25) is 5.91 Å². The number of hydrogen-bond donors (Lipinski definition) is 2. The largest absolute Gasteiger partial charge is 0.497 e. The van der Waals surface area contributed by atoms with E-state index in [1.165, 1.54) is 11.3 Å². The molecule has 0 bridgehead atoms. The number of benzene rings is 1. The Morgan fingerprint density at radius 2 is 2.04 bits per heavy atom. The van der Waals surface area contributed by atoms with Gasteiger partial charge in [0, 0.05) is 30.2 Å². The molecule has 2 heterocycles. The molecule has 1 aliphatic rings. The molecule has 0 saturated carbocycles. The lowest BCUT2D eigenvalue weighted by molar-refractivity contribution is -0.130. The molecule has 0 unspecified atom stereocenters. The normalized spacial score (nSPS) is 16.4. The number of ether oxygens (including phenoxy) is 2. The number of amides is 1. The van der Waals surface area contributed by atoms with E-state index in [0.717, 1.165) is 21.9 Å². The lowest BCUT2D eigenvalue weighted by atomic mass is 9.79. The smallest absolute Gasteiger partial charge is 0.233 e. The Morgan fingerprint density at radius 3 is 2.64 bits per heavy atom. The summed E-state index contributed by atoms with van der Waals surface area (Å²) in [4.78, 5) is 18.4. The van der Waals surface area contributed by atoms with Crippen LogP contribution in [0.5, 0.6) is 5.75 Å². The van der Waals surface area contributed by atoms with Crippen LogP contribution in [-0.4, -0.2) is 37.8 Å². The molecule has 0 spiro atoms. The summed E-state index contributed by atoms with van der Waals surface area (Å²) in [5, 5.41) is 3.57. The summed E-state index contributed by atoms with van der Waals surface area (Å²) in [7, 11) is 1.64. The first-order chi connectivity index (χ1) is 12.1. The highest BCUT2D eigenvalue weighted by atomic mass is 32.1. The van der Waals surface area contributed by atoms with Crippen molar-refractivity contribution >= 4 is 22.4 Å². The van der Waals surface area contributed by atoms with Crippen LogP contribution in [0.4, 0.5) is 5.13 Å². The van der Waals surface area contributed by atoms with Gasteiger partial charge in [0.15, 0.2) is 5.13 Å². The lowest BCUT2D eigenvalue weighted by Crippen LogP contribution is -2.46. The number of aromatic nitrogens is 1. The van der Waals surface area contributed by atoms with E-state index in [0.29, 0.717) is 37.7 Å². The van der Waals surface area contributed by atoms with E-state index in [9.17, 15) is 4.79 Å². The zero-order chi connectivity index (χ0) is 17.9. The van der Waals surface area contributed by atoms with Crippen LogP contribution in [0.3, 0.4) is 0 Å². The van der Waals surface area contributed by atoms with Gasteiger partial charge in [-0.05, 0) is 44.0 Å². The van der Waals surface area contributed by atoms with Gasteiger partial charge in [0.05, 0.1) is 18.2 Å². The summed E-state index contributed by atoms with van der Waals surface area (Å²) in [6.07, 6.45) is 1.29. The SMILES string of the molecule is COc1ccc(-c2nc(NC(=O)C3(CN)CCOCC3)sc2C)cc1. The number of nitrogens with zero attached hydrogens (tertiary/aromatic N) is 1. The second kappa shape index (κ2) is 7.51. The quantitative estimate of drug-likeness (QED) is 0.855. The Hall–Kier alpha value is -1.96. The van der Waals surface area contributed by atoms with Crippen molar-refractivity contribution in [3.05, 3.63) is 29.1 Å². The van der Waals surface area contributed by atoms with Gasteiger partial charge in [-0.15, -0.1) is 11.3 Å². The molecule has 0 atom stereocenters. The van der Waals surface area contributed by atoms with Crippen molar-refractivity contribution in [3.8, 4) is 17.0 Å². The number of carbonyl (C=O) groups is 1. The minimum Gasteiger partial charge on any atom is -0.497 e. The maximum absolute atomic E-state index is 12.8. The van der Waals surface area contributed by atoms with Crippen molar-refractivity contribution in [1.82, 2.24) is 4.98 Å². The van der Waals surface area contributed by atoms with E-state index < -0.39 is 5.41 Å². The van der Waals surface area contributed by atoms with Crippen molar-refractivity contribution in [2.24, 2.45) is 11.1 Å². The number of nitrogens with two attached hydrogens (primary N) is 1. The van der Waals surface area contributed by atoms with E-state index >= 15 is 0 Å². The lowest BCUT2D eigenvalue weighted by Gasteiger charge is -2.34. The predicted molar refractivity (Wildman–Crippen MR) is 99.0 cm³/mol. The number of carbonyl (C=O) groups excluding carboxylic acids is 1. The second-order valence-corrected chi connectivity index (χ2v) is 7.41. The van der Waals surface area contributed by atoms with Crippen LogP contribution in [0.1, 0.15) is 17.7 Å². The second-order valence-electron chi connectivity index (χ2n) is 6.20. The van der Waals surface area contributed by atoms with Crippen LogP contribution < -0.4 is 15.8 Å². The molecule has 0 radical (unpaired) electrons. The number of anilines is 1. The van der Waals surface area contributed by atoms with Gasteiger partial charge >= 0.3 is 0 Å². The van der Waals surface area contributed by atoms with Gasteiger partial charge in [-0.2, -0.15) is 0 Å². The molecular formula is C18H23N3O3S. The molecule has 2 aromatic rings. The monoisotopic (exact) mass is 361 g/mol. The Balaban J connectivity index is 1.78. The number of nitrogens with one attached hydrogen (secondary N) is 1. The van der Waals surface area contributed by atoms with Crippen LogP contribution in [0, 0.1) is 12.3 Å². The standard InChI is InChI=1S/C18H23N3O3S/c1-12-15(13-3-5-14(23-2)6-4-13)20-17(25-12)21-16(22)18(11-19)7-9-24-10-8-18/h3-6H,7-11,19H2,1-2H3,(H,20,21,22). The van der Waals surface area contributed by atoms with Crippen molar-refractivity contribution in [1.29, 1.82) is 0 Å². The zero-order valence-corrected chi connectivity index (χ0v) is 15.3. The molecule has 6 nitrogen and oxygen atoms in total.